The van der Waals surface area contributed by atoms with E-state index in [4.69, 9.17) is 5.11 Å². The molecule has 0 saturated carbocycles. The van der Waals surface area contributed by atoms with Gasteiger partial charge in [-0.1, -0.05) is 0 Å². The molecule has 0 fully saturated rings. The van der Waals surface area contributed by atoms with E-state index in [-0.39, 0.29) is 19.4 Å². The molecule has 4 nitrogen and oxygen atoms in total. The van der Waals surface area contributed by atoms with E-state index in [1.54, 1.807) is 0 Å². The van der Waals surface area contributed by atoms with Crippen molar-refractivity contribution in [1.82, 2.24) is 5.32 Å². The number of carbonyl (C=O) groups is 1. The van der Waals surface area contributed by atoms with Gasteiger partial charge in [0.25, 0.3) is 0 Å². The highest BCUT2D eigenvalue weighted by Crippen LogP contribution is 2.22. The number of hydrogen-bond donors (Lipinski definition) is 2. The van der Waals surface area contributed by atoms with Crippen molar-refractivity contribution >= 4 is 5.97 Å². The van der Waals surface area contributed by atoms with E-state index in [9.17, 15) is 18.0 Å². The summed E-state index contributed by atoms with van der Waals surface area (Å²) in [6.45, 7) is 2.28. The molecule has 102 valence electrons. The van der Waals surface area contributed by atoms with Crippen LogP contribution in [0.25, 0.3) is 0 Å². The van der Waals surface area contributed by atoms with Gasteiger partial charge in [-0.05, 0) is 33.7 Å². The highest BCUT2D eigenvalue weighted by molar-refractivity contribution is 5.78. The monoisotopic (exact) mass is 257 g/mol. The zero-order valence-corrected chi connectivity index (χ0v) is 10.1. The van der Waals surface area contributed by atoms with Crippen molar-refractivity contribution in [1.29, 1.82) is 0 Å². The molecule has 0 aromatic carbocycles. The minimum atomic E-state index is -4.38. The first-order valence-electron chi connectivity index (χ1n) is 5.24. The van der Waals surface area contributed by atoms with Gasteiger partial charge in [0.1, 0.15) is 5.54 Å². The van der Waals surface area contributed by atoms with E-state index in [2.05, 4.69) is 10.1 Å². The SMILES string of the molecule is CNC(C)(CCCOC(C)C(F)(F)F)C(=O)O. The van der Waals surface area contributed by atoms with Crippen molar-refractivity contribution in [2.24, 2.45) is 0 Å². The lowest BCUT2D eigenvalue weighted by atomic mass is 9.96. The Balaban J connectivity index is 3.97. The second-order valence-corrected chi connectivity index (χ2v) is 4.05. The largest absolute Gasteiger partial charge is 0.480 e. The van der Waals surface area contributed by atoms with Crippen LogP contribution in [0.5, 0.6) is 0 Å². The Kier molecular flexibility index (Phi) is 5.91. The zero-order valence-electron chi connectivity index (χ0n) is 10.1. The maximum atomic E-state index is 12.1. The van der Waals surface area contributed by atoms with Crippen LogP contribution in [0.1, 0.15) is 26.7 Å². The summed E-state index contributed by atoms with van der Waals surface area (Å²) in [5.41, 5.74) is -1.13. The number of halogens is 3. The zero-order chi connectivity index (χ0) is 13.7. The number of carboxylic acids is 1. The average molecular weight is 257 g/mol. The van der Waals surface area contributed by atoms with Crippen molar-refractivity contribution in [2.75, 3.05) is 13.7 Å². The van der Waals surface area contributed by atoms with Crippen molar-refractivity contribution in [3.05, 3.63) is 0 Å². The van der Waals surface area contributed by atoms with Crippen molar-refractivity contribution in [3.63, 3.8) is 0 Å². The van der Waals surface area contributed by atoms with Gasteiger partial charge >= 0.3 is 12.1 Å². The number of likely N-dealkylation sites (N-methyl/N-ethyl adjacent to an activating group) is 1. The molecule has 0 aromatic rings. The van der Waals surface area contributed by atoms with Gasteiger partial charge < -0.3 is 15.2 Å². The van der Waals surface area contributed by atoms with Crippen LogP contribution >= 0.6 is 0 Å². The Morgan fingerprint density at radius 2 is 2.00 bits per heavy atom. The number of aliphatic carboxylic acids is 1. The van der Waals surface area contributed by atoms with E-state index >= 15 is 0 Å². The van der Waals surface area contributed by atoms with Crippen LogP contribution in [-0.4, -0.2) is 42.5 Å². The van der Waals surface area contributed by atoms with Crippen LogP contribution in [-0.2, 0) is 9.53 Å². The second-order valence-electron chi connectivity index (χ2n) is 4.05. The van der Waals surface area contributed by atoms with Crippen molar-refractivity contribution in [3.8, 4) is 0 Å². The molecule has 2 unspecified atom stereocenters. The van der Waals surface area contributed by atoms with Gasteiger partial charge in [0.2, 0.25) is 0 Å². The fraction of sp³-hybridized carbons (Fsp3) is 0.900. The summed E-state index contributed by atoms with van der Waals surface area (Å²) in [5.74, 6) is -1.04. The summed E-state index contributed by atoms with van der Waals surface area (Å²) in [4.78, 5) is 10.9. The third-order valence-electron chi connectivity index (χ3n) is 2.67. The van der Waals surface area contributed by atoms with E-state index < -0.39 is 23.8 Å². The first-order valence-corrected chi connectivity index (χ1v) is 5.24. The lowest BCUT2D eigenvalue weighted by molar-refractivity contribution is -0.214. The molecule has 0 aliphatic carbocycles. The molecular formula is C10H18F3NO3. The molecule has 0 saturated heterocycles. The van der Waals surface area contributed by atoms with Gasteiger partial charge in [-0.2, -0.15) is 13.2 Å². The average Bonchev–Trinajstić information content (AvgIpc) is 2.21. The fourth-order valence-corrected chi connectivity index (χ4v) is 1.12. The molecule has 0 amide bonds. The molecule has 0 rings (SSSR count). The third-order valence-corrected chi connectivity index (χ3v) is 2.67. The highest BCUT2D eigenvalue weighted by atomic mass is 19.4. The second kappa shape index (κ2) is 6.20. The van der Waals surface area contributed by atoms with Crippen molar-refractivity contribution in [2.45, 2.75) is 44.5 Å². The molecule has 7 heteroatoms. The maximum Gasteiger partial charge on any atom is 0.414 e. The van der Waals surface area contributed by atoms with Crippen LogP contribution in [0.3, 0.4) is 0 Å². The molecule has 0 heterocycles. The summed E-state index contributed by atoms with van der Waals surface area (Å²) >= 11 is 0. The Morgan fingerprint density at radius 3 is 2.35 bits per heavy atom. The molecular weight excluding hydrogens is 239 g/mol. The van der Waals surface area contributed by atoms with Gasteiger partial charge in [-0.15, -0.1) is 0 Å². The van der Waals surface area contributed by atoms with Crippen LogP contribution < -0.4 is 5.32 Å². The van der Waals surface area contributed by atoms with Gasteiger partial charge in [0, 0.05) is 6.61 Å². The quantitative estimate of drug-likeness (QED) is 0.683. The lowest BCUT2D eigenvalue weighted by Crippen LogP contribution is -2.47. The van der Waals surface area contributed by atoms with E-state index in [0.29, 0.717) is 0 Å². The topological polar surface area (TPSA) is 58.6 Å². The number of alkyl halides is 3. The maximum absolute atomic E-state index is 12.1. The molecule has 0 aliphatic rings. The standard InChI is InChI=1S/C10H18F3NO3/c1-7(10(11,12)13)17-6-4-5-9(2,14-3)8(15)16/h7,14H,4-6H2,1-3H3,(H,15,16). The predicted molar refractivity (Wildman–Crippen MR) is 55.8 cm³/mol. The summed E-state index contributed by atoms with van der Waals surface area (Å²) in [7, 11) is 1.49. The molecule has 0 spiro atoms. The minimum Gasteiger partial charge on any atom is -0.480 e. The predicted octanol–water partition coefficient (Wildman–Crippen LogP) is 1.80. The number of nitrogens with one attached hydrogen (secondary N) is 1. The Labute approximate surface area is 98.1 Å². The molecule has 0 aliphatic heterocycles. The Hall–Kier alpha value is -0.820. The van der Waals surface area contributed by atoms with Crippen LogP contribution in [0, 0.1) is 0 Å². The number of carboxylic acid groups (broad SMARTS) is 1. The molecule has 0 aromatic heterocycles. The Bertz CT molecular complexity index is 258. The lowest BCUT2D eigenvalue weighted by Gasteiger charge is -2.24. The molecule has 2 N–H and O–H groups in total. The van der Waals surface area contributed by atoms with Crippen LogP contribution in [0.2, 0.25) is 0 Å². The first kappa shape index (κ1) is 16.2. The molecule has 2 atom stereocenters. The number of ether oxygens (including phenoxy) is 1. The first-order chi connectivity index (χ1) is 7.63. The smallest absolute Gasteiger partial charge is 0.414 e. The van der Waals surface area contributed by atoms with Crippen LogP contribution in [0.15, 0.2) is 0 Å². The van der Waals surface area contributed by atoms with Crippen molar-refractivity contribution < 1.29 is 27.8 Å². The summed E-state index contributed by atoms with van der Waals surface area (Å²) in [6, 6.07) is 0. The van der Waals surface area contributed by atoms with Gasteiger partial charge in [0.15, 0.2) is 6.10 Å². The normalized spacial score (nSPS) is 17.5. The number of hydrogen-bond acceptors (Lipinski definition) is 3. The van der Waals surface area contributed by atoms with E-state index in [0.717, 1.165) is 6.92 Å². The molecule has 0 radical (unpaired) electrons. The van der Waals surface area contributed by atoms with E-state index in [1.165, 1.54) is 14.0 Å². The highest BCUT2D eigenvalue weighted by Gasteiger charge is 2.37. The summed E-state index contributed by atoms with van der Waals surface area (Å²) < 4.78 is 40.8. The minimum absolute atomic E-state index is 0.120. The Morgan fingerprint density at radius 1 is 1.47 bits per heavy atom. The van der Waals surface area contributed by atoms with Gasteiger partial charge in [-0.25, -0.2) is 0 Å². The summed E-state index contributed by atoms with van der Waals surface area (Å²) in [6.07, 6.45) is -5.76. The van der Waals surface area contributed by atoms with Gasteiger partial charge in [-0.3, -0.25) is 4.79 Å². The van der Waals surface area contributed by atoms with Crippen LogP contribution in [0.4, 0.5) is 13.2 Å². The third kappa shape index (κ3) is 5.36. The molecule has 0 bridgehead atoms. The van der Waals surface area contributed by atoms with E-state index in [1.807, 2.05) is 0 Å². The van der Waals surface area contributed by atoms with Gasteiger partial charge in [0.05, 0.1) is 0 Å². The molecule has 17 heavy (non-hydrogen) atoms. The summed E-state index contributed by atoms with van der Waals surface area (Å²) in [5, 5.41) is 11.5. The number of rotatable bonds is 7. The fourth-order valence-electron chi connectivity index (χ4n) is 1.12.